The largest absolute Gasteiger partial charge is 0.497 e. The second-order valence-electron chi connectivity index (χ2n) is 4.94. The molecule has 1 aromatic heterocycles. The summed E-state index contributed by atoms with van der Waals surface area (Å²) in [5, 5.41) is 0. The molecule has 0 bridgehead atoms. The molecule has 0 aliphatic carbocycles. The van der Waals surface area contributed by atoms with Crippen molar-refractivity contribution in [1.82, 2.24) is 9.55 Å². The zero-order valence-corrected chi connectivity index (χ0v) is 12.9. The molecule has 0 spiro atoms. The first-order valence-electron chi connectivity index (χ1n) is 6.92. The third-order valence-corrected chi connectivity index (χ3v) is 3.79. The lowest BCUT2D eigenvalue weighted by molar-refractivity contribution is 0.415. The third-order valence-electron chi connectivity index (χ3n) is 3.61. The van der Waals surface area contributed by atoms with Gasteiger partial charge in [-0.05, 0) is 30.7 Å². The molecule has 1 heterocycles. The van der Waals surface area contributed by atoms with Gasteiger partial charge in [0.25, 0.3) is 0 Å². The van der Waals surface area contributed by atoms with Crippen LogP contribution < -0.4 is 4.74 Å². The second-order valence-corrected chi connectivity index (χ2v) is 5.32. The number of rotatable bonds is 4. The highest BCUT2D eigenvalue weighted by molar-refractivity contribution is 6.17. The maximum Gasteiger partial charge on any atom is 0.121 e. The number of para-hydroxylation sites is 1. The molecule has 0 saturated carbocycles. The first kappa shape index (κ1) is 14.0. The van der Waals surface area contributed by atoms with Gasteiger partial charge in [0.05, 0.1) is 23.8 Å². The molecule has 0 aliphatic heterocycles. The lowest BCUT2D eigenvalue weighted by atomic mass is 10.2. The normalized spacial score (nSPS) is 11.0. The van der Waals surface area contributed by atoms with Crippen molar-refractivity contribution in [2.75, 3.05) is 13.0 Å². The molecule has 3 rings (SSSR count). The van der Waals surface area contributed by atoms with Crippen molar-refractivity contribution in [2.45, 2.75) is 13.3 Å². The van der Waals surface area contributed by atoms with Crippen molar-refractivity contribution in [3.63, 3.8) is 0 Å². The van der Waals surface area contributed by atoms with E-state index in [2.05, 4.69) is 23.6 Å². The fourth-order valence-corrected chi connectivity index (χ4v) is 2.74. The van der Waals surface area contributed by atoms with Gasteiger partial charge in [-0.15, -0.1) is 11.6 Å². The number of alkyl halides is 1. The van der Waals surface area contributed by atoms with Crippen LogP contribution in [0, 0.1) is 6.92 Å². The minimum absolute atomic E-state index is 0.548. The van der Waals surface area contributed by atoms with E-state index in [1.807, 2.05) is 30.3 Å². The number of imidazole rings is 1. The molecule has 0 amide bonds. The van der Waals surface area contributed by atoms with Crippen LogP contribution >= 0.6 is 11.6 Å². The molecule has 3 nitrogen and oxygen atoms in total. The van der Waals surface area contributed by atoms with Gasteiger partial charge >= 0.3 is 0 Å². The summed E-state index contributed by atoms with van der Waals surface area (Å²) in [5.74, 6) is 2.35. The summed E-state index contributed by atoms with van der Waals surface area (Å²) in [7, 11) is 1.68. The van der Waals surface area contributed by atoms with E-state index in [0.29, 0.717) is 5.88 Å². The Kier molecular flexibility index (Phi) is 3.84. The molecular weight excluding hydrogens is 284 g/mol. The summed E-state index contributed by atoms with van der Waals surface area (Å²) < 4.78 is 7.52. The Hall–Kier alpha value is -2.00. The summed E-state index contributed by atoms with van der Waals surface area (Å²) in [6.07, 6.45) is 0.729. The summed E-state index contributed by atoms with van der Waals surface area (Å²) in [6.45, 7) is 2.10. The number of aryl methyl sites for hydroxylation is 2. The number of hydrogen-bond donors (Lipinski definition) is 0. The van der Waals surface area contributed by atoms with Crippen LogP contribution in [0.2, 0.25) is 0 Å². The van der Waals surface area contributed by atoms with E-state index in [9.17, 15) is 0 Å². The van der Waals surface area contributed by atoms with Gasteiger partial charge in [-0.2, -0.15) is 0 Å². The molecule has 2 aromatic carbocycles. The summed E-state index contributed by atoms with van der Waals surface area (Å²) in [4.78, 5) is 4.72. The molecule has 0 aliphatic rings. The van der Waals surface area contributed by atoms with Crippen LogP contribution in [0.1, 0.15) is 11.4 Å². The minimum Gasteiger partial charge on any atom is -0.497 e. The molecule has 0 radical (unpaired) electrons. The van der Waals surface area contributed by atoms with Crippen LogP contribution in [0.3, 0.4) is 0 Å². The van der Waals surface area contributed by atoms with Gasteiger partial charge in [-0.25, -0.2) is 4.98 Å². The Morgan fingerprint density at radius 2 is 2.00 bits per heavy atom. The average Bonchev–Trinajstić information content (AvgIpc) is 2.85. The monoisotopic (exact) mass is 300 g/mol. The summed E-state index contributed by atoms with van der Waals surface area (Å²) >= 11 is 5.94. The first-order valence-corrected chi connectivity index (χ1v) is 7.45. The number of nitrogens with zero attached hydrogens (tertiary/aromatic N) is 2. The molecular formula is C17H17ClN2O. The standard InChI is InChI=1S/C17H17ClN2O/c1-12-5-3-4-6-15(12)20-16-11-13(21-2)7-8-14(16)19-17(20)9-10-18/h3-8,11H,9-10H2,1-2H3. The molecule has 4 heteroatoms. The predicted octanol–water partition coefficient (Wildman–Crippen LogP) is 4.12. The van der Waals surface area contributed by atoms with Crippen molar-refractivity contribution in [3.8, 4) is 11.4 Å². The van der Waals surface area contributed by atoms with Crippen LogP contribution in [0.5, 0.6) is 5.75 Å². The number of ether oxygens (including phenoxy) is 1. The summed E-state index contributed by atoms with van der Waals surface area (Å²) in [6, 6.07) is 14.2. The fourth-order valence-electron chi connectivity index (χ4n) is 2.57. The van der Waals surface area contributed by atoms with E-state index < -0.39 is 0 Å². The first-order chi connectivity index (χ1) is 10.2. The van der Waals surface area contributed by atoms with E-state index in [1.54, 1.807) is 7.11 Å². The smallest absolute Gasteiger partial charge is 0.121 e. The quantitative estimate of drug-likeness (QED) is 0.678. The van der Waals surface area contributed by atoms with Crippen LogP contribution in [0.15, 0.2) is 42.5 Å². The van der Waals surface area contributed by atoms with Gasteiger partial charge in [0, 0.05) is 18.4 Å². The van der Waals surface area contributed by atoms with E-state index in [0.717, 1.165) is 34.7 Å². The van der Waals surface area contributed by atoms with Gasteiger partial charge < -0.3 is 4.74 Å². The minimum atomic E-state index is 0.548. The average molecular weight is 301 g/mol. The van der Waals surface area contributed by atoms with E-state index in [1.165, 1.54) is 5.56 Å². The zero-order chi connectivity index (χ0) is 14.8. The van der Waals surface area contributed by atoms with Gasteiger partial charge in [-0.3, -0.25) is 4.57 Å². The molecule has 0 atom stereocenters. The molecule has 0 N–H and O–H groups in total. The Labute approximate surface area is 129 Å². The summed E-state index contributed by atoms with van der Waals surface area (Å²) in [5.41, 5.74) is 4.34. The topological polar surface area (TPSA) is 27.1 Å². The lowest BCUT2D eigenvalue weighted by Crippen LogP contribution is -2.03. The molecule has 0 unspecified atom stereocenters. The van der Waals surface area contributed by atoms with Crippen LogP contribution in [-0.4, -0.2) is 22.5 Å². The molecule has 21 heavy (non-hydrogen) atoms. The van der Waals surface area contributed by atoms with Crippen molar-refractivity contribution in [1.29, 1.82) is 0 Å². The van der Waals surface area contributed by atoms with E-state index in [-0.39, 0.29) is 0 Å². The number of aromatic nitrogens is 2. The van der Waals surface area contributed by atoms with Crippen molar-refractivity contribution < 1.29 is 4.74 Å². The van der Waals surface area contributed by atoms with E-state index in [4.69, 9.17) is 21.3 Å². The number of halogens is 1. The SMILES string of the molecule is COc1ccc2nc(CCCl)n(-c3ccccc3C)c2c1. The van der Waals surface area contributed by atoms with Crippen LogP contribution in [0.25, 0.3) is 16.7 Å². The van der Waals surface area contributed by atoms with Crippen LogP contribution in [-0.2, 0) is 6.42 Å². The van der Waals surface area contributed by atoms with Gasteiger partial charge in [0.15, 0.2) is 0 Å². The van der Waals surface area contributed by atoms with Crippen molar-refractivity contribution in [2.24, 2.45) is 0 Å². The Morgan fingerprint density at radius 3 is 2.71 bits per heavy atom. The predicted molar refractivity (Wildman–Crippen MR) is 86.8 cm³/mol. The fraction of sp³-hybridized carbons (Fsp3) is 0.235. The highest BCUT2D eigenvalue weighted by atomic mass is 35.5. The zero-order valence-electron chi connectivity index (χ0n) is 12.1. The highest BCUT2D eigenvalue weighted by Crippen LogP contribution is 2.27. The Balaban J connectivity index is 2.31. The Bertz CT molecular complexity index is 780. The third kappa shape index (κ3) is 2.49. The number of methoxy groups -OCH3 is 1. The molecule has 0 saturated heterocycles. The molecule has 0 fully saturated rings. The van der Waals surface area contributed by atoms with Crippen LogP contribution in [0.4, 0.5) is 0 Å². The molecule has 3 aromatic rings. The maximum atomic E-state index is 5.94. The second kappa shape index (κ2) is 5.78. The number of benzene rings is 2. The number of fused-ring (bicyclic) bond motifs is 1. The lowest BCUT2D eigenvalue weighted by Gasteiger charge is -2.12. The maximum absolute atomic E-state index is 5.94. The Morgan fingerprint density at radius 1 is 1.19 bits per heavy atom. The molecule has 108 valence electrons. The number of hydrogen-bond acceptors (Lipinski definition) is 2. The van der Waals surface area contributed by atoms with E-state index >= 15 is 0 Å². The van der Waals surface area contributed by atoms with Gasteiger partial charge in [0.1, 0.15) is 11.6 Å². The van der Waals surface area contributed by atoms with Gasteiger partial charge in [-0.1, -0.05) is 18.2 Å². The van der Waals surface area contributed by atoms with Crippen molar-refractivity contribution in [3.05, 3.63) is 53.9 Å². The van der Waals surface area contributed by atoms with Gasteiger partial charge in [0.2, 0.25) is 0 Å². The highest BCUT2D eigenvalue weighted by Gasteiger charge is 2.14. The van der Waals surface area contributed by atoms with Crippen molar-refractivity contribution >= 4 is 22.6 Å².